The standard InChI is InChI=1S/C24H27Cl2FN2O3.C2H6/c25-21-7-6-17(13-22(21)26)15-29-10-8-19(9-11-29)28-24(31)5-2-12-32-20-4-1-3-18(16-30)23(27)14-20;1-2/h1,4,6-7,13-14,16,19H,2-3,5,8-12,15H2,(H,28,31);1-2H3. The minimum Gasteiger partial charge on any atom is -0.493 e. The summed E-state index contributed by atoms with van der Waals surface area (Å²) in [5.41, 5.74) is 1.22. The Bertz CT molecular complexity index is 923. The van der Waals surface area contributed by atoms with Crippen molar-refractivity contribution in [3.05, 3.63) is 69.2 Å². The van der Waals surface area contributed by atoms with Crippen LogP contribution in [0.4, 0.5) is 4.39 Å². The molecule has 0 atom stereocenters. The molecular formula is C26H33Cl2FN2O3. The molecule has 1 aromatic rings. The second-order valence-corrected chi connectivity index (χ2v) is 8.78. The van der Waals surface area contributed by atoms with Crippen LogP contribution in [0.15, 0.2) is 53.6 Å². The minimum absolute atomic E-state index is 0.00348. The molecule has 0 radical (unpaired) electrons. The number of hydrogen-bond donors (Lipinski definition) is 1. The first-order chi connectivity index (χ1) is 16.4. The number of aldehydes is 1. The molecule has 1 aliphatic heterocycles. The van der Waals surface area contributed by atoms with Crippen LogP contribution in [-0.2, 0) is 20.9 Å². The van der Waals surface area contributed by atoms with E-state index in [4.69, 9.17) is 27.9 Å². The van der Waals surface area contributed by atoms with Crippen LogP contribution in [0.5, 0.6) is 0 Å². The van der Waals surface area contributed by atoms with Crippen LogP contribution in [0, 0.1) is 0 Å². The van der Waals surface area contributed by atoms with Crippen molar-refractivity contribution in [3.63, 3.8) is 0 Å². The molecule has 1 heterocycles. The first-order valence-electron chi connectivity index (χ1n) is 11.7. The fourth-order valence-electron chi connectivity index (χ4n) is 3.71. The highest BCUT2D eigenvalue weighted by Gasteiger charge is 2.21. The Kier molecular flexibility index (Phi) is 12.4. The minimum atomic E-state index is -0.580. The molecule has 2 aliphatic rings. The zero-order valence-corrected chi connectivity index (χ0v) is 21.3. The predicted molar refractivity (Wildman–Crippen MR) is 135 cm³/mol. The van der Waals surface area contributed by atoms with Gasteiger partial charge in [-0.15, -0.1) is 0 Å². The van der Waals surface area contributed by atoms with Crippen molar-refractivity contribution in [2.45, 2.75) is 58.5 Å². The Morgan fingerprint density at radius 2 is 1.97 bits per heavy atom. The van der Waals surface area contributed by atoms with E-state index in [1.807, 2.05) is 32.0 Å². The maximum atomic E-state index is 13.8. The Morgan fingerprint density at radius 1 is 1.24 bits per heavy atom. The molecule has 5 nitrogen and oxygen atoms in total. The van der Waals surface area contributed by atoms with Gasteiger partial charge >= 0.3 is 0 Å². The number of carbonyl (C=O) groups excluding carboxylic acids is 2. The highest BCUT2D eigenvalue weighted by molar-refractivity contribution is 6.42. The number of amides is 1. The van der Waals surface area contributed by atoms with E-state index < -0.39 is 5.83 Å². The molecule has 3 rings (SSSR count). The maximum absolute atomic E-state index is 13.8. The summed E-state index contributed by atoms with van der Waals surface area (Å²) in [4.78, 5) is 25.4. The number of allylic oxidation sites excluding steroid dienone is 5. The van der Waals surface area contributed by atoms with Crippen LogP contribution in [0.1, 0.15) is 51.5 Å². The fraction of sp³-hybridized carbons (Fsp3) is 0.462. The molecule has 8 heteroatoms. The molecule has 0 bridgehead atoms. The molecular weight excluding hydrogens is 478 g/mol. The fourth-order valence-corrected chi connectivity index (χ4v) is 4.03. The molecule has 1 amide bonds. The predicted octanol–water partition coefficient (Wildman–Crippen LogP) is 6.16. The average Bonchev–Trinajstić information content (AvgIpc) is 3.02. The SMILES string of the molecule is CC.O=CC1=C(F)C=C(OCCCC(=O)NC2CCN(Cc3ccc(Cl)c(Cl)c3)CC2)C=CC1. The summed E-state index contributed by atoms with van der Waals surface area (Å²) in [5, 5.41) is 4.21. The average molecular weight is 511 g/mol. The Labute approximate surface area is 211 Å². The number of likely N-dealkylation sites (tertiary alicyclic amines) is 1. The van der Waals surface area contributed by atoms with E-state index >= 15 is 0 Å². The maximum Gasteiger partial charge on any atom is 0.220 e. The van der Waals surface area contributed by atoms with E-state index in [1.165, 1.54) is 6.08 Å². The number of piperidine rings is 1. The van der Waals surface area contributed by atoms with Crippen molar-refractivity contribution in [1.29, 1.82) is 0 Å². The molecule has 1 fully saturated rings. The third kappa shape index (κ3) is 9.24. The number of benzene rings is 1. The van der Waals surface area contributed by atoms with Gasteiger partial charge in [0.05, 0.1) is 16.7 Å². The lowest BCUT2D eigenvalue weighted by molar-refractivity contribution is -0.122. The van der Waals surface area contributed by atoms with Crippen LogP contribution >= 0.6 is 23.2 Å². The highest BCUT2D eigenvalue weighted by Crippen LogP contribution is 2.24. The van der Waals surface area contributed by atoms with Gasteiger partial charge in [-0.05, 0) is 49.5 Å². The number of nitrogens with one attached hydrogen (secondary N) is 1. The molecule has 186 valence electrons. The molecule has 0 unspecified atom stereocenters. The Morgan fingerprint density at radius 3 is 2.65 bits per heavy atom. The molecule has 1 saturated heterocycles. The van der Waals surface area contributed by atoms with Crippen molar-refractivity contribution in [2.24, 2.45) is 0 Å². The van der Waals surface area contributed by atoms with Crippen LogP contribution in [0.25, 0.3) is 0 Å². The van der Waals surface area contributed by atoms with E-state index in [0.29, 0.717) is 41.5 Å². The van der Waals surface area contributed by atoms with Crippen molar-refractivity contribution in [3.8, 4) is 0 Å². The van der Waals surface area contributed by atoms with E-state index in [-0.39, 0.29) is 23.9 Å². The van der Waals surface area contributed by atoms with Gasteiger partial charge in [-0.25, -0.2) is 4.39 Å². The lowest BCUT2D eigenvalue weighted by Crippen LogP contribution is -2.44. The first-order valence-corrected chi connectivity index (χ1v) is 12.5. The number of hydrogen-bond acceptors (Lipinski definition) is 4. The van der Waals surface area contributed by atoms with E-state index in [1.54, 1.807) is 12.2 Å². The molecule has 0 spiro atoms. The van der Waals surface area contributed by atoms with Crippen LogP contribution in [0.3, 0.4) is 0 Å². The topological polar surface area (TPSA) is 58.6 Å². The smallest absolute Gasteiger partial charge is 0.220 e. The third-order valence-electron chi connectivity index (χ3n) is 5.50. The molecule has 0 aromatic heterocycles. The first kappa shape index (κ1) is 28.1. The quantitative estimate of drug-likeness (QED) is 0.319. The summed E-state index contributed by atoms with van der Waals surface area (Å²) in [6.07, 6.45) is 7.95. The second-order valence-electron chi connectivity index (χ2n) is 7.96. The van der Waals surface area contributed by atoms with E-state index in [2.05, 4.69) is 10.2 Å². The molecule has 0 saturated carbocycles. The zero-order valence-electron chi connectivity index (χ0n) is 19.8. The Balaban J connectivity index is 0.00000199. The third-order valence-corrected chi connectivity index (χ3v) is 6.24. The van der Waals surface area contributed by atoms with Crippen LogP contribution in [-0.4, -0.2) is 42.8 Å². The summed E-state index contributed by atoms with van der Waals surface area (Å²) in [6, 6.07) is 5.86. The molecule has 34 heavy (non-hydrogen) atoms. The summed E-state index contributed by atoms with van der Waals surface area (Å²) in [7, 11) is 0. The van der Waals surface area contributed by atoms with Crippen molar-refractivity contribution >= 4 is 35.4 Å². The van der Waals surface area contributed by atoms with Crippen molar-refractivity contribution in [2.75, 3.05) is 19.7 Å². The highest BCUT2D eigenvalue weighted by atomic mass is 35.5. The summed E-state index contributed by atoms with van der Waals surface area (Å²) >= 11 is 12.1. The largest absolute Gasteiger partial charge is 0.493 e. The normalized spacial score (nSPS) is 16.8. The summed E-state index contributed by atoms with van der Waals surface area (Å²) in [5.74, 6) is -0.228. The number of ether oxygens (including phenoxy) is 1. The van der Waals surface area contributed by atoms with Gasteiger partial charge in [-0.2, -0.15) is 0 Å². The van der Waals surface area contributed by atoms with Gasteiger partial charge in [-0.1, -0.05) is 49.2 Å². The van der Waals surface area contributed by atoms with E-state index in [0.717, 1.165) is 38.0 Å². The lowest BCUT2D eigenvalue weighted by Gasteiger charge is -2.32. The molecule has 1 N–H and O–H groups in total. The number of nitrogens with zero attached hydrogens (tertiary/aromatic N) is 1. The van der Waals surface area contributed by atoms with Crippen molar-refractivity contribution < 1.29 is 18.7 Å². The molecule has 1 aromatic carbocycles. The van der Waals surface area contributed by atoms with Crippen LogP contribution in [0.2, 0.25) is 10.0 Å². The van der Waals surface area contributed by atoms with Gasteiger partial charge in [0.2, 0.25) is 5.91 Å². The van der Waals surface area contributed by atoms with Gasteiger partial charge in [0, 0.05) is 43.7 Å². The van der Waals surface area contributed by atoms with Crippen molar-refractivity contribution in [1.82, 2.24) is 10.2 Å². The summed E-state index contributed by atoms with van der Waals surface area (Å²) < 4.78 is 19.3. The zero-order chi connectivity index (χ0) is 24.9. The van der Waals surface area contributed by atoms with Gasteiger partial charge in [-0.3, -0.25) is 14.5 Å². The van der Waals surface area contributed by atoms with E-state index in [9.17, 15) is 14.0 Å². The number of rotatable bonds is 9. The lowest BCUT2D eigenvalue weighted by atomic mass is 10.0. The second kappa shape index (κ2) is 15.0. The van der Waals surface area contributed by atoms with Gasteiger partial charge in [0.25, 0.3) is 0 Å². The molecule has 1 aliphatic carbocycles. The van der Waals surface area contributed by atoms with Gasteiger partial charge < -0.3 is 10.1 Å². The van der Waals surface area contributed by atoms with Crippen LogP contribution < -0.4 is 5.32 Å². The Hall–Kier alpha value is -2.15. The summed E-state index contributed by atoms with van der Waals surface area (Å²) in [6.45, 7) is 6.91. The number of carbonyl (C=O) groups is 2. The monoisotopic (exact) mass is 510 g/mol. The van der Waals surface area contributed by atoms with Gasteiger partial charge in [0.15, 0.2) is 0 Å². The number of halogens is 3. The van der Waals surface area contributed by atoms with Gasteiger partial charge in [0.1, 0.15) is 17.9 Å².